The van der Waals surface area contributed by atoms with Gasteiger partial charge in [-0.25, -0.2) is 8.78 Å². The Labute approximate surface area is 105 Å². The minimum absolute atomic E-state index is 0.169. The molecular weight excluding hydrogens is 238 g/mol. The Kier molecular flexibility index (Phi) is 3.07. The van der Waals surface area contributed by atoms with Gasteiger partial charge in [-0.05, 0) is 31.8 Å². The molecule has 0 heterocycles. The minimum atomic E-state index is -2.66. The molecule has 18 heavy (non-hydrogen) atoms. The van der Waals surface area contributed by atoms with E-state index in [1.807, 2.05) is 19.0 Å². The van der Waals surface area contributed by atoms with E-state index in [1.54, 1.807) is 12.1 Å². The maximum atomic E-state index is 13.0. The quantitative estimate of drug-likeness (QED) is 0.870. The number of rotatable bonds is 3. The van der Waals surface area contributed by atoms with Gasteiger partial charge in [0, 0.05) is 24.9 Å². The van der Waals surface area contributed by atoms with Gasteiger partial charge in [-0.3, -0.25) is 0 Å². The number of nitrogens with two attached hydrogens (primary N) is 1. The van der Waals surface area contributed by atoms with E-state index < -0.39 is 11.5 Å². The molecule has 0 aliphatic heterocycles. The summed E-state index contributed by atoms with van der Waals surface area (Å²) in [7, 11) is 3.75. The van der Waals surface area contributed by atoms with Gasteiger partial charge in [0.15, 0.2) is 0 Å². The predicted molar refractivity (Wildman–Crippen MR) is 65.5 cm³/mol. The van der Waals surface area contributed by atoms with Crippen LogP contribution in [0.4, 0.5) is 8.78 Å². The summed E-state index contributed by atoms with van der Waals surface area (Å²) >= 11 is 0. The molecule has 3 nitrogen and oxygen atoms in total. The van der Waals surface area contributed by atoms with Crippen LogP contribution in [0, 0.1) is 0 Å². The van der Waals surface area contributed by atoms with Crippen LogP contribution in [-0.2, 0) is 12.1 Å². The van der Waals surface area contributed by atoms with E-state index in [2.05, 4.69) is 0 Å². The molecule has 0 unspecified atom stereocenters. The van der Waals surface area contributed by atoms with Gasteiger partial charge in [0.05, 0.1) is 5.54 Å². The number of aromatic hydroxyl groups is 1. The highest BCUT2D eigenvalue weighted by molar-refractivity contribution is 5.40. The monoisotopic (exact) mass is 256 g/mol. The first-order valence-electron chi connectivity index (χ1n) is 5.86. The van der Waals surface area contributed by atoms with Crippen LogP contribution in [0.5, 0.6) is 5.75 Å². The average molecular weight is 256 g/mol. The standard InChI is InChI=1S/C13H18F2N2O/c1-17(2)6-9-5-10(3-4-11(9)18)12(16)7-13(14,15)8-12/h3-5,18H,6-8,16H2,1-2H3. The lowest BCUT2D eigenvalue weighted by Crippen LogP contribution is -2.55. The normalized spacial score (nSPS) is 20.8. The van der Waals surface area contributed by atoms with E-state index >= 15 is 0 Å². The fourth-order valence-electron chi connectivity index (χ4n) is 2.44. The van der Waals surface area contributed by atoms with Gasteiger partial charge in [0.25, 0.3) is 5.92 Å². The number of halogens is 2. The molecule has 1 fully saturated rings. The topological polar surface area (TPSA) is 49.5 Å². The zero-order valence-electron chi connectivity index (χ0n) is 10.6. The van der Waals surface area contributed by atoms with E-state index in [4.69, 9.17) is 5.73 Å². The highest BCUT2D eigenvalue weighted by Crippen LogP contribution is 2.50. The van der Waals surface area contributed by atoms with Crippen LogP contribution >= 0.6 is 0 Å². The van der Waals surface area contributed by atoms with Crippen molar-refractivity contribution < 1.29 is 13.9 Å². The summed E-state index contributed by atoms with van der Waals surface area (Å²) in [6, 6.07) is 4.88. The number of benzene rings is 1. The van der Waals surface area contributed by atoms with Crippen LogP contribution in [0.3, 0.4) is 0 Å². The minimum Gasteiger partial charge on any atom is -0.508 e. The Morgan fingerprint density at radius 1 is 1.33 bits per heavy atom. The van der Waals surface area contributed by atoms with Crippen LogP contribution in [0.2, 0.25) is 0 Å². The number of phenolic OH excluding ortho intramolecular Hbond substituents is 1. The number of nitrogens with zero attached hydrogens (tertiary/aromatic N) is 1. The highest BCUT2D eigenvalue weighted by atomic mass is 19.3. The molecule has 1 aliphatic carbocycles. The molecule has 0 bridgehead atoms. The molecular formula is C13H18F2N2O. The summed E-state index contributed by atoms with van der Waals surface area (Å²) in [6.07, 6.45) is -0.654. The van der Waals surface area contributed by atoms with Crippen molar-refractivity contribution in [2.45, 2.75) is 30.8 Å². The second-order valence-electron chi connectivity index (χ2n) is 5.45. The molecule has 3 N–H and O–H groups in total. The number of phenols is 1. The Bertz CT molecular complexity index is 452. The summed E-state index contributed by atoms with van der Waals surface area (Å²) < 4.78 is 25.9. The summed E-state index contributed by atoms with van der Waals surface area (Å²) in [6.45, 7) is 0.548. The maximum absolute atomic E-state index is 13.0. The molecule has 1 aliphatic rings. The van der Waals surface area contributed by atoms with Crippen molar-refractivity contribution in [3.05, 3.63) is 29.3 Å². The lowest BCUT2D eigenvalue weighted by Gasteiger charge is -2.45. The predicted octanol–water partition coefficient (Wildman–Crippen LogP) is 2.04. The van der Waals surface area contributed by atoms with Gasteiger partial charge in [-0.1, -0.05) is 6.07 Å². The molecule has 0 amide bonds. The van der Waals surface area contributed by atoms with Crippen LogP contribution in [-0.4, -0.2) is 30.0 Å². The third kappa shape index (κ3) is 2.47. The maximum Gasteiger partial charge on any atom is 0.252 e. The van der Waals surface area contributed by atoms with Crippen molar-refractivity contribution >= 4 is 0 Å². The first-order chi connectivity index (χ1) is 8.22. The molecule has 2 rings (SSSR count). The molecule has 0 atom stereocenters. The van der Waals surface area contributed by atoms with Crippen LogP contribution in [0.15, 0.2) is 18.2 Å². The Balaban J connectivity index is 2.25. The van der Waals surface area contributed by atoms with Crippen molar-refractivity contribution in [2.75, 3.05) is 14.1 Å². The Morgan fingerprint density at radius 2 is 1.94 bits per heavy atom. The molecule has 0 radical (unpaired) electrons. The van der Waals surface area contributed by atoms with Gasteiger partial charge in [0.2, 0.25) is 0 Å². The SMILES string of the molecule is CN(C)Cc1cc(C2(N)CC(F)(F)C2)ccc1O. The average Bonchev–Trinajstić information content (AvgIpc) is 2.17. The van der Waals surface area contributed by atoms with Crippen molar-refractivity contribution in [2.24, 2.45) is 5.73 Å². The molecule has 5 heteroatoms. The molecule has 0 saturated heterocycles. The Hall–Kier alpha value is -1.20. The van der Waals surface area contributed by atoms with Crippen molar-refractivity contribution in [3.63, 3.8) is 0 Å². The van der Waals surface area contributed by atoms with E-state index in [-0.39, 0.29) is 18.6 Å². The van der Waals surface area contributed by atoms with Crippen molar-refractivity contribution in [3.8, 4) is 5.75 Å². The smallest absolute Gasteiger partial charge is 0.252 e. The summed E-state index contributed by atoms with van der Waals surface area (Å²) in [4.78, 5) is 1.90. The van der Waals surface area contributed by atoms with E-state index in [0.717, 1.165) is 0 Å². The van der Waals surface area contributed by atoms with Crippen LogP contribution in [0.25, 0.3) is 0 Å². The van der Waals surface area contributed by atoms with Crippen LogP contribution < -0.4 is 5.73 Å². The summed E-state index contributed by atoms with van der Waals surface area (Å²) in [5.41, 5.74) is 6.39. The molecule has 100 valence electrons. The molecule has 0 spiro atoms. The lowest BCUT2D eigenvalue weighted by molar-refractivity contribution is -0.125. The molecule has 0 aromatic heterocycles. The van der Waals surface area contributed by atoms with Gasteiger partial charge >= 0.3 is 0 Å². The first kappa shape index (κ1) is 13.2. The largest absolute Gasteiger partial charge is 0.508 e. The van der Waals surface area contributed by atoms with Gasteiger partial charge in [-0.2, -0.15) is 0 Å². The number of alkyl halides is 2. The van der Waals surface area contributed by atoms with Crippen LogP contribution in [0.1, 0.15) is 24.0 Å². The summed E-state index contributed by atoms with van der Waals surface area (Å²) in [5, 5.41) is 9.73. The molecule has 1 saturated carbocycles. The zero-order chi connectivity index (χ0) is 13.6. The number of hydrogen-bond acceptors (Lipinski definition) is 3. The summed E-state index contributed by atoms with van der Waals surface area (Å²) in [5.74, 6) is -2.49. The Morgan fingerprint density at radius 3 is 2.44 bits per heavy atom. The second kappa shape index (κ2) is 4.17. The van der Waals surface area contributed by atoms with E-state index in [9.17, 15) is 13.9 Å². The third-order valence-electron chi connectivity index (χ3n) is 3.29. The van der Waals surface area contributed by atoms with Gasteiger partial charge in [-0.15, -0.1) is 0 Å². The van der Waals surface area contributed by atoms with Crippen molar-refractivity contribution in [1.82, 2.24) is 4.90 Å². The molecule has 1 aromatic carbocycles. The highest BCUT2D eigenvalue weighted by Gasteiger charge is 2.55. The second-order valence-corrected chi connectivity index (χ2v) is 5.45. The zero-order valence-corrected chi connectivity index (χ0v) is 10.6. The van der Waals surface area contributed by atoms with E-state index in [1.165, 1.54) is 6.07 Å². The third-order valence-corrected chi connectivity index (χ3v) is 3.29. The fraction of sp³-hybridized carbons (Fsp3) is 0.538. The molecule has 1 aromatic rings. The lowest BCUT2D eigenvalue weighted by atomic mass is 9.69. The number of hydrogen-bond donors (Lipinski definition) is 2. The van der Waals surface area contributed by atoms with Crippen molar-refractivity contribution in [1.29, 1.82) is 0 Å². The first-order valence-corrected chi connectivity index (χ1v) is 5.86. The van der Waals surface area contributed by atoms with Gasteiger partial charge in [0.1, 0.15) is 5.75 Å². The van der Waals surface area contributed by atoms with Gasteiger partial charge < -0.3 is 15.7 Å². The fourth-order valence-corrected chi connectivity index (χ4v) is 2.44. The van der Waals surface area contributed by atoms with E-state index in [0.29, 0.717) is 17.7 Å².